The molecule has 1 aliphatic carbocycles. The standard InChI is InChI=1S/C17H31N5O/c1-14-7-6-9-17(11-14,21(3)4)13-19-16(18-2)22(5)12-15-8-10-23-20-15/h8,10,14H,6-7,9,11-13H2,1-5H3,(H,18,19). The molecule has 1 aliphatic rings. The Morgan fingerprint density at radius 3 is 2.83 bits per heavy atom. The van der Waals surface area contributed by atoms with Gasteiger partial charge in [0.05, 0.1) is 6.54 Å². The summed E-state index contributed by atoms with van der Waals surface area (Å²) in [6, 6.07) is 1.88. The molecule has 1 aromatic rings. The Bertz CT molecular complexity index is 499. The molecule has 1 N–H and O–H groups in total. The van der Waals surface area contributed by atoms with Crippen LogP contribution in [0.15, 0.2) is 21.8 Å². The topological polar surface area (TPSA) is 56.9 Å². The van der Waals surface area contributed by atoms with Gasteiger partial charge in [0.2, 0.25) is 0 Å². The van der Waals surface area contributed by atoms with Crippen LogP contribution in [0.3, 0.4) is 0 Å². The molecule has 0 amide bonds. The Hall–Kier alpha value is -1.56. The van der Waals surface area contributed by atoms with Crippen LogP contribution in [0.5, 0.6) is 0 Å². The highest BCUT2D eigenvalue weighted by Crippen LogP contribution is 2.35. The van der Waals surface area contributed by atoms with Crippen molar-refractivity contribution in [1.82, 2.24) is 20.3 Å². The third-order valence-electron chi connectivity index (χ3n) is 5.06. The van der Waals surface area contributed by atoms with E-state index in [1.807, 2.05) is 20.2 Å². The predicted octanol–water partition coefficient (Wildman–Crippen LogP) is 2.19. The Labute approximate surface area is 139 Å². The average molecular weight is 321 g/mol. The van der Waals surface area contributed by atoms with Gasteiger partial charge in [0, 0.05) is 32.2 Å². The van der Waals surface area contributed by atoms with Crippen LogP contribution in [0.25, 0.3) is 0 Å². The van der Waals surface area contributed by atoms with E-state index < -0.39 is 0 Å². The Balaban J connectivity index is 1.97. The predicted molar refractivity (Wildman–Crippen MR) is 93.4 cm³/mol. The average Bonchev–Trinajstić information content (AvgIpc) is 3.00. The van der Waals surface area contributed by atoms with E-state index in [2.05, 4.69) is 46.3 Å². The number of guanidine groups is 1. The minimum absolute atomic E-state index is 0.211. The van der Waals surface area contributed by atoms with Gasteiger partial charge in [0.15, 0.2) is 5.96 Å². The molecule has 2 unspecified atom stereocenters. The van der Waals surface area contributed by atoms with Crippen LogP contribution in [0, 0.1) is 5.92 Å². The number of rotatable bonds is 5. The molecule has 130 valence electrons. The van der Waals surface area contributed by atoms with Crippen LogP contribution in [-0.2, 0) is 6.54 Å². The lowest BCUT2D eigenvalue weighted by Gasteiger charge is -2.45. The molecule has 2 atom stereocenters. The summed E-state index contributed by atoms with van der Waals surface area (Å²) in [7, 11) is 8.24. The zero-order valence-corrected chi connectivity index (χ0v) is 15.2. The first-order valence-corrected chi connectivity index (χ1v) is 8.45. The zero-order valence-electron chi connectivity index (χ0n) is 15.2. The van der Waals surface area contributed by atoms with Gasteiger partial charge in [-0.05, 0) is 32.9 Å². The lowest BCUT2D eigenvalue weighted by molar-refractivity contribution is 0.0790. The second kappa shape index (κ2) is 7.81. The summed E-state index contributed by atoms with van der Waals surface area (Å²) in [5, 5.41) is 7.54. The van der Waals surface area contributed by atoms with Crippen molar-refractivity contribution >= 4 is 5.96 Å². The summed E-state index contributed by atoms with van der Waals surface area (Å²) in [6.07, 6.45) is 6.72. The number of likely N-dealkylation sites (N-methyl/N-ethyl adjacent to an activating group) is 1. The summed E-state index contributed by atoms with van der Waals surface area (Å²) >= 11 is 0. The van der Waals surface area contributed by atoms with Crippen LogP contribution in [0.4, 0.5) is 0 Å². The van der Waals surface area contributed by atoms with Crippen LogP contribution in [-0.4, -0.2) is 61.2 Å². The molecule has 1 aromatic heterocycles. The van der Waals surface area contributed by atoms with E-state index >= 15 is 0 Å². The molecule has 1 saturated carbocycles. The highest BCUT2D eigenvalue weighted by molar-refractivity contribution is 5.79. The smallest absolute Gasteiger partial charge is 0.193 e. The highest BCUT2D eigenvalue weighted by atomic mass is 16.5. The van der Waals surface area contributed by atoms with Gasteiger partial charge in [-0.2, -0.15) is 0 Å². The van der Waals surface area contributed by atoms with Crippen LogP contribution < -0.4 is 5.32 Å². The Kier molecular flexibility index (Phi) is 6.04. The van der Waals surface area contributed by atoms with Crippen LogP contribution in [0.1, 0.15) is 38.3 Å². The fourth-order valence-corrected chi connectivity index (χ4v) is 3.62. The number of aromatic nitrogens is 1. The molecule has 0 aliphatic heterocycles. The minimum Gasteiger partial charge on any atom is -0.364 e. The molecule has 6 heteroatoms. The van der Waals surface area contributed by atoms with Crippen molar-refractivity contribution in [3.05, 3.63) is 18.0 Å². The lowest BCUT2D eigenvalue weighted by Crippen LogP contribution is -2.56. The summed E-state index contributed by atoms with van der Waals surface area (Å²) in [4.78, 5) is 8.88. The summed E-state index contributed by atoms with van der Waals surface area (Å²) in [6.45, 7) is 3.96. The molecule has 2 rings (SSSR count). The second-order valence-corrected chi connectivity index (χ2v) is 7.07. The van der Waals surface area contributed by atoms with Gasteiger partial charge in [0.1, 0.15) is 12.0 Å². The van der Waals surface area contributed by atoms with Crippen LogP contribution in [0.2, 0.25) is 0 Å². The van der Waals surface area contributed by atoms with Gasteiger partial charge < -0.3 is 19.6 Å². The molecule has 0 radical (unpaired) electrons. The molecule has 0 bridgehead atoms. The van der Waals surface area contributed by atoms with Crippen molar-refractivity contribution in [3.63, 3.8) is 0 Å². The minimum atomic E-state index is 0.211. The second-order valence-electron chi connectivity index (χ2n) is 7.07. The molecule has 23 heavy (non-hydrogen) atoms. The number of nitrogens with one attached hydrogen (secondary N) is 1. The third kappa shape index (κ3) is 4.47. The van der Waals surface area contributed by atoms with Crippen molar-refractivity contribution in [3.8, 4) is 0 Å². The first-order valence-electron chi connectivity index (χ1n) is 8.45. The number of hydrogen-bond acceptors (Lipinski definition) is 4. The largest absolute Gasteiger partial charge is 0.364 e. The number of hydrogen-bond donors (Lipinski definition) is 1. The molecule has 0 aromatic carbocycles. The van der Waals surface area contributed by atoms with Gasteiger partial charge in [0.25, 0.3) is 0 Å². The summed E-state index contributed by atoms with van der Waals surface area (Å²) in [5.41, 5.74) is 1.12. The number of aliphatic imine (C=N–C) groups is 1. The van der Waals surface area contributed by atoms with Gasteiger partial charge in [-0.25, -0.2) is 0 Å². The van der Waals surface area contributed by atoms with Gasteiger partial charge in [-0.15, -0.1) is 0 Å². The fourth-order valence-electron chi connectivity index (χ4n) is 3.62. The van der Waals surface area contributed by atoms with E-state index in [0.717, 1.165) is 24.1 Å². The third-order valence-corrected chi connectivity index (χ3v) is 5.06. The van der Waals surface area contributed by atoms with E-state index in [0.29, 0.717) is 6.54 Å². The maximum atomic E-state index is 4.90. The maximum absolute atomic E-state index is 4.90. The first kappa shape index (κ1) is 17.8. The van der Waals surface area contributed by atoms with E-state index in [1.165, 1.54) is 25.7 Å². The lowest BCUT2D eigenvalue weighted by atomic mass is 9.75. The molecular weight excluding hydrogens is 290 g/mol. The maximum Gasteiger partial charge on any atom is 0.193 e. The van der Waals surface area contributed by atoms with Gasteiger partial charge in [-0.3, -0.25) is 4.99 Å². The molecule has 1 heterocycles. The van der Waals surface area contributed by atoms with Crippen molar-refractivity contribution in [2.45, 2.75) is 44.7 Å². The summed E-state index contributed by atoms with van der Waals surface area (Å²) < 4.78 is 4.90. The van der Waals surface area contributed by atoms with E-state index in [-0.39, 0.29) is 5.54 Å². The Morgan fingerprint density at radius 1 is 1.48 bits per heavy atom. The normalized spacial score (nSPS) is 25.7. The van der Waals surface area contributed by atoms with E-state index in [9.17, 15) is 0 Å². The van der Waals surface area contributed by atoms with Crippen molar-refractivity contribution in [2.75, 3.05) is 34.7 Å². The monoisotopic (exact) mass is 321 g/mol. The molecule has 0 saturated heterocycles. The number of nitrogens with zero attached hydrogens (tertiary/aromatic N) is 4. The SMILES string of the molecule is CN=C(NCC1(N(C)C)CCCC(C)C1)N(C)Cc1ccon1. The van der Waals surface area contributed by atoms with Crippen molar-refractivity contribution in [1.29, 1.82) is 0 Å². The van der Waals surface area contributed by atoms with E-state index in [4.69, 9.17) is 4.52 Å². The molecule has 1 fully saturated rings. The summed E-state index contributed by atoms with van der Waals surface area (Å²) in [5.74, 6) is 1.68. The van der Waals surface area contributed by atoms with Crippen LogP contribution >= 0.6 is 0 Å². The molecule has 6 nitrogen and oxygen atoms in total. The van der Waals surface area contributed by atoms with E-state index in [1.54, 1.807) is 6.26 Å². The van der Waals surface area contributed by atoms with Crippen molar-refractivity contribution < 1.29 is 4.52 Å². The molecule has 0 spiro atoms. The first-order chi connectivity index (χ1) is 11.0. The quantitative estimate of drug-likeness (QED) is 0.665. The fraction of sp³-hybridized carbons (Fsp3) is 0.765. The van der Waals surface area contributed by atoms with Gasteiger partial charge in [-0.1, -0.05) is 24.9 Å². The van der Waals surface area contributed by atoms with Gasteiger partial charge >= 0.3 is 0 Å². The zero-order chi connectivity index (χ0) is 16.9. The Morgan fingerprint density at radius 2 is 2.26 bits per heavy atom. The highest BCUT2D eigenvalue weighted by Gasteiger charge is 2.37. The molecular formula is C17H31N5O. The van der Waals surface area contributed by atoms with Crippen molar-refractivity contribution in [2.24, 2.45) is 10.9 Å².